The molecule has 0 radical (unpaired) electrons. The summed E-state index contributed by atoms with van der Waals surface area (Å²) >= 11 is 2.73. The van der Waals surface area contributed by atoms with Gasteiger partial charge in [-0.1, -0.05) is 30.0 Å². The van der Waals surface area contributed by atoms with Crippen LogP contribution in [-0.4, -0.2) is 52.4 Å². The maximum Gasteiger partial charge on any atom is 0.267 e. The lowest BCUT2D eigenvalue weighted by atomic mass is 10.3. The van der Waals surface area contributed by atoms with Gasteiger partial charge in [0.25, 0.3) is 5.56 Å². The molecule has 4 rings (SSSR count). The van der Waals surface area contributed by atoms with E-state index in [0.717, 1.165) is 5.69 Å². The molecular weight excluding hydrogens is 370 g/mol. The standard InChI is InChI=1S/C18H17N3O3S2/c22-15(20-7-9-24-10-8-20)12-26-18-19-16-14(6-11-25-16)17(23)21(18)13-4-2-1-3-5-13/h1-6,11H,7-10,12H2. The fourth-order valence-electron chi connectivity index (χ4n) is 2.83. The number of fused-ring (bicyclic) bond motifs is 1. The molecule has 1 aliphatic rings. The van der Waals surface area contributed by atoms with Gasteiger partial charge in [0.1, 0.15) is 4.83 Å². The van der Waals surface area contributed by atoms with Gasteiger partial charge in [-0.2, -0.15) is 0 Å². The summed E-state index contributed by atoms with van der Waals surface area (Å²) in [6.45, 7) is 2.37. The van der Waals surface area contributed by atoms with Crippen LogP contribution in [0.15, 0.2) is 51.7 Å². The predicted molar refractivity (Wildman–Crippen MR) is 103 cm³/mol. The van der Waals surface area contributed by atoms with E-state index in [4.69, 9.17) is 4.74 Å². The molecule has 0 atom stereocenters. The van der Waals surface area contributed by atoms with E-state index in [-0.39, 0.29) is 17.2 Å². The SMILES string of the molecule is O=C(CSc1nc2sccc2c(=O)n1-c1ccccc1)N1CCOCC1. The van der Waals surface area contributed by atoms with Gasteiger partial charge >= 0.3 is 0 Å². The van der Waals surface area contributed by atoms with E-state index in [2.05, 4.69) is 4.98 Å². The minimum atomic E-state index is -0.108. The lowest BCUT2D eigenvalue weighted by molar-refractivity contribution is -0.132. The van der Waals surface area contributed by atoms with Crippen LogP contribution in [0.5, 0.6) is 0 Å². The van der Waals surface area contributed by atoms with Crippen molar-refractivity contribution in [2.75, 3.05) is 32.1 Å². The van der Waals surface area contributed by atoms with Crippen molar-refractivity contribution in [3.8, 4) is 5.69 Å². The highest BCUT2D eigenvalue weighted by molar-refractivity contribution is 7.99. The first-order valence-electron chi connectivity index (χ1n) is 8.28. The van der Waals surface area contributed by atoms with Crippen LogP contribution in [0.25, 0.3) is 15.9 Å². The van der Waals surface area contributed by atoms with Crippen LogP contribution in [0.2, 0.25) is 0 Å². The predicted octanol–water partition coefficient (Wildman–Crippen LogP) is 2.40. The summed E-state index contributed by atoms with van der Waals surface area (Å²) in [5, 5.41) is 3.00. The van der Waals surface area contributed by atoms with E-state index < -0.39 is 0 Å². The average Bonchev–Trinajstić information content (AvgIpc) is 3.16. The number of carbonyl (C=O) groups is 1. The highest BCUT2D eigenvalue weighted by Gasteiger charge is 2.19. The molecule has 1 amide bonds. The van der Waals surface area contributed by atoms with Crippen LogP contribution in [0, 0.1) is 0 Å². The topological polar surface area (TPSA) is 64.4 Å². The number of amides is 1. The number of rotatable bonds is 4. The zero-order chi connectivity index (χ0) is 17.9. The van der Waals surface area contributed by atoms with Crippen molar-refractivity contribution >= 4 is 39.2 Å². The van der Waals surface area contributed by atoms with Gasteiger partial charge in [-0.25, -0.2) is 4.98 Å². The Balaban J connectivity index is 1.67. The molecule has 2 aromatic heterocycles. The van der Waals surface area contributed by atoms with Crippen LogP contribution >= 0.6 is 23.1 Å². The second-order valence-electron chi connectivity index (χ2n) is 5.79. The molecule has 0 unspecified atom stereocenters. The average molecular weight is 387 g/mol. The molecule has 0 N–H and O–H groups in total. The Morgan fingerprint density at radius 1 is 1.19 bits per heavy atom. The number of hydrogen-bond acceptors (Lipinski definition) is 6. The molecule has 0 spiro atoms. The Morgan fingerprint density at radius 3 is 2.73 bits per heavy atom. The van der Waals surface area contributed by atoms with Crippen molar-refractivity contribution in [2.24, 2.45) is 0 Å². The number of thioether (sulfide) groups is 1. The molecule has 6 nitrogen and oxygen atoms in total. The molecule has 1 fully saturated rings. The molecule has 3 heterocycles. The molecule has 1 aromatic carbocycles. The van der Waals surface area contributed by atoms with Gasteiger partial charge < -0.3 is 9.64 Å². The number of aromatic nitrogens is 2. The number of para-hydroxylation sites is 1. The normalized spacial score (nSPS) is 14.7. The van der Waals surface area contributed by atoms with Crippen LogP contribution < -0.4 is 5.56 Å². The smallest absolute Gasteiger partial charge is 0.267 e. The zero-order valence-corrected chi connectivity index (χ0v) is 15.6. The van der Waals surface area contributed by atoms with E-state index in [1.165, 1.54) is 23.1 Å². The largest absolute Gasteiger partial charge is 0.378 e. The van der Waals surface area contributed by atoms with Crippen molar-refractivity contribution in [1.82, 2.24) is 14.5 Å². The van der Waals surface area contributed by atoms with Crippen molar-refractivity contribution < 1.29 is 9.53 Å². The summed E-state index contributed by atoms with van der Waals surface area (Å²) in [4.78, 5) is 32.5. The molecule has 26 heavy (non-hydrogen) atoms. The first-order valence-corrected chi connectivity index (χ1v) is 10.1. The van der Waals surface area contributed by atoms with Gasteiger partial charge in [0.2, 0.25) is 5.91 Å². The number of hydrogen-bond donors (Lipinski definition) is 0. The van der Waals surface area contributed by atoms with Crippen LogP contribution in [0.4, 0.5) is 0 Å². The monoisotopic (exact) mass is 387 g/mol. The van der Waals surface area contributed by atoms with Crippen molar-refractivity contribution in [3.63, 3.8) is 0 Å². The number of carbonyl (C=O) groups excluding carboxylic acids is 1. The lowest BCUT2D eigenvalue weighted by Gasteiger charge is -2.26. The van der Waals surface area contributed by atoms with E-state index >= 15 is 0 Å². The maximum atomic E-state index is 13.0. The summed E-state index contributed by atoms with van der Waals surface area (Å²) in [5.74, 6) is 0.286. The fourth-order valence-corrected chi connectivity index (χ4v) is 4.55. The Bertz CT molecular complexity index is 978. The van der Waals surface area contributed by atoms with E-state index in [0.29, 0.717) is 41.7 Å². The molecule has 3 aromatic rings. The third kappa shape index (κ3) is 3.40. The van der Waals surface area contributed by atoms with Crippen molar-refractivity contribution in [2.45, 2.75) is 5.16 Å². The van der Waals surface area contributed by atoms with Gasteiger partial charge in [0.15, 0.2) is 5.16 Å². The summed E-state index contributed by atoms with van der Waals surface area (Å²) in [5.41, 5.74) is 0.642. The number of ether oxygens (including phenoxy) is 1. The van der Waals surface area contributed by atoms with Crippen molar-refractivity contribution in [1.29, 1.82) is 0 Å². The molecular formula is C18H17N3O3S2. The van der Waals surface area contributed by atoms with Crippen LogP contribution in [-0.2, 0) is 9.53 Å². The fraction of sp³-hybridized carbons (Fsp3) is 0.278. The first-order chi connectivity index (χ1) is 12.7. The molecule has 1 saturated heterocycles. The zero-order valence-electron chi connectivity index (χ0n) is 14.0. The van der Waals surface area contributed by atoms with Gasteiger partial charge in [0.05, 0.1) is 30.0 Å². The van der Waals surface area contributed by atoms with Gasteiger partial charge in [0, 0.05) is 13.1 Å². The minimum absolute atomic E-state index is 0.0402. The summed E-state index contributed by atoms with van der Waals surface area (Å²) in [6.07, 6.45) is 0. The first kappa shape index (κ1) is 17.3. The molecule has 0 aliphatic carbocycles. The molecule has 0 bridgehead atoms. The Hall–Kier alpha value is -2.16. The number of nitrogens with zero attached hydrogens (tertiary/aromatic N) is 3. The molecule has 8 heteroatoms. The molecule has 0 saturated carbocycles. The van der Waals surface area contributed by atoms with Crippen LogP contribution in [0.1, 0.15) is 0 Å². The van der Waals surface area contributed by atoms with E-state index in [9.17, 15) is 9.59 Å². The Kier molecular flexibility index (Phi) is 5.05. The van der Waals surface area contributed by atoms with Gasteiger partial charge in [-0.15, -0.1) is 11.3 Å². The second-order valence-corrected chi connectivity index (χ2v) is 7.63. The second kappa shape index (κ2) is 7.61. The molecule has 134 valence electrons. The summed E-state index contributed by atoms with van der Waals surface area (Å²) < 4.78 is 6.88. The van der Waals surface area contributed by atoms with Gasteiger partial charge in [-0.3, -0.25) is 14.2 Å². The highest BCUT2D eigenvalue weighted by Crippen LogP contribution is 2.24. The van der Waals surface area contributed by atoms with Crippen molar-refractivity contribution in [3.05, 3.63) is 52.1 Å². The summed E-state index contributed by atoms with van der Waals surface area (Å²) in [6, 6.07) is 11.2. The maximum absolute atomic E-state index is 13.0. The third-order valence-electron chi connectivity index (χ3n) is 4.17. The number of thiophene rings is 1. The van der Waals surface area contributed by atoms with Crippen LogP contribution in [0.3, 0.4) is 0 Å². The van der Waals surface area contributed by atoms with E-state index in [1.807, 2.05) is 35.7 Å². The number of benzene rings is 1. The molecule has 1 aliphatic heterocycles. The van der Waals surface area contributed by atoms with Gasteiger partial charge in [-0.05, 0) is 23.6 Å². The highest BCUT2D eigenvalue weighted by atomic mass is 32.2. The Labute approximate surface area is 158 Å². The minimum Gasteiger partial charge on any atom is -0.378 e. The number of morpholine rings is 1. The quantitative estimate of drug-likeness (QED) is 0.508. The third-order valence-corrected chi connectivity index (χ3v) is 5.90. The van der Waals surface area contributed by atoms with E-state index in [1.54, 1.807) is 15.5 Å². The summed E-state index contributed by atoms with van der Waals surface area (Å²) in [7, 11) is 0. The lowest BCUT2D eigenvalue weighted by Crippen LogP contribution is -2.41. The Morgan fingerprint density at radius 2 is 1.96 bits per heavy atom.